The number of nitrogens with two attached hydrogens (primary N) is 1. The van der Waals surface area contributed by atoms with Crippen molar-refractivity contribution in [1.29, 1.82) is 0 Å². The molecule has 0 aromatic heterocycles. The molecule has 1 rings (SSSR count). The zero-order valence-corrected chi connectivity index (χ0v) is 47.6. The minimum Gasteiger partial charge on any atom is -0.390 e. The highest BCUT2D eigenvalue weighted by molar-refractivity contribution is 5.85. The molecule has 0 aromatic carbocycles. The summed E-state index contributed by atoms with van der Waals surface area (Å²) in [5, 5.41) is 22.9. The molecule has 0 aromatic rings. The van der Waals surface area contributed by atoms with Gasteiger partial charge in [-0.25, -0.2) is 0 Å². The van der Waals surface area contributed by atoms with Gasteiger partial charge in [0.25, 0.3) is 5.91 Å². The molecule has 1 amide bonds. The molecular weight excluding hydrogens is 745 g/mol. The first-order valence-corrected chi connectivity index (χ1v) is 23.1. The molecule has 0 atom stereocenters. The Balaban J connectivity index is -0.000000339. The lowest BCUT2D eigenvalue weighted by atomic mass is 9.58. The lowest BCUT2D eigenvalue weighted by molar-refractivity contribution is -0.197. The molecule has 0 spiro atoms. The topological polar surface area (TPSA) is 114 Å². The molecule has 0 aliphatic carbocycles. The van der Waals surface area contributed by atoms with Crippen molar-refractivity contribution < 1.29 is 24.5 Å². The van der Waals surface area contributed by atoms with Crippen LogP contribution in [-0.2, 0) is 14.3 Å². The van der Waals surface area contributed by atoms with Gasteiger partial charge in [0.05, 0.1) is 28.0 Å². The van der Waals surface area contributed by atoms with E-state index in [4.69, 9.17) is 15.2 Å². The fourth-order valence-electron chi connectivity index (χ4n) is 6.36. The van der Waals surface area contributed by atoms with Crippen LogP contribution in [0.4, 0.5) is 0 Å². The molecule has 1 heterocycles. The maximum absolute atomic E-state index is 12.1. The standard InChI is InChI=1S/C15H32O.C13H25NO2.C11H24O.C9H21NO.C5H12/c1-11-13(5,6)14(7,8)15(9,10)16-12(2,3)4;1-10(2)9(15)14-12(5,6)11(3,4)13(7,8)16-10;1-8-9(2,3)10(4,5)11(6,7)12;1-7(2,8(3,4)10)9(5,6)11;1-5(2,3)4/h11H2,1-10H3;1-8H3,(H,14,15);12H,8H2,1-7H3;11H,10H2,1-6H3;1-4H3. The highest BCUT2D eigenvalue weighted by Gasteiger charge is 2.56. The van der Waals surface area contributed by atoms with Crippen molar-refractivity contribution in [2.45, 2.75) is 300 Å². The molecule has 7 nitrogen and oxygen atoms in total. The summed E-state index contributed by atoms with van der Waals surface area (Å²) in [7, 11) is 0. The van der Waals surface area contributed by atoms with Gasteiger partial charge in [-0.1, -0.05) is 137 Å². The van der Waals surface area contributed by atoms with Gasteiger partial charge >= 0.3 is 0 Å². The third kappa shape index (κ3) is 18.0. The van der Waals surface area contributed by atoms with E-state index < -0.39 is 16.8 Å². The van der Waals surface area contributed by atoms with Crippen molar-refractivity contribution in [2.75, 3.05) is 0 Å². The number of rotatable bonds is 9. The normalized spacial score (nSPS) is 19.0. The van der Waals surface area contributed by atoms with Crippen LogP contribution in [0.25, 0.3) is 0 Å². The van der Waals surface area contributed by atoms with E-state index in [9.17, 15) is 15.0 Å². The highest BCUT2D eigenvalue weighted by atomic mass is 16.5. The summed E-state index contributed by atoms with van der Waals surface area (Å²) in [6.07, 6.45) is 2.25. The molecule has 1 aliphatic rings. The van der Waals surface area contributed by atoms with Gasteiger partial charge in [0.1, 0.15) is 5.60 Å². The number of aliphatic hydroxyl groups is 2. The zero-order valence-electron chi connectivity index (χ0n) is 47.6. The van der Waals surface area contributed by atoms with Gasteiger partial charge < -0.3 is 30.7 Å². The molecule has 5 N–H and O–H groups in total. The molecular formula is C53H114N2O5. The fourth-order valence-corrected chi connectivity index (χ4v) is 6.36. The van der Waals surface area contributed by atoms with Gasteiger partial charge in [0.2, 0.25) is 0 Å². The van der Waals surface area contributed by atoms with Crippen molar-refractivity contribution in [3.8, 4) is 0 Å². The van der Waals surface area contributed by atoms with E-state index >= 15 is 0 Å². The molecule has 366 valence electrons. The zero-order chi connectivity index (χ0) is 50.6. The van der Waals surface area contributed by atoms with Crippen molar-refractivity contribution in [2.24, 2.45) is 43.6 Å². The van der Waals surface area contributed by atoms with Gasteiger partial charge in [-0.15, -0.1) is 0 Å². The summed E-state index contributed by atoms with van der Waals surface area (Å²) in [6, 6.07) is 0. The maximum Gasteiger partial charge on any atom is 0.252 e. The quantitative estimate of drug-likeness (QED) is 0.184. The van der Waals surface area contributed by atoms with Crippen LogP contribution in [0.1, 0.15) is 255 Å². The van der Waals surface area contributed by atoms with Gasteiger partial charge in [0, 0.05) is 21.9 Å². The Morgan fingerprint density at radius 1 is 0.550 bits per heavy atom. The summed E-state index contributed by atoms with van der Waals surface area (Å²) in [6.45, 7) is 73.3. The Labute approximate surface area is 378 Å². The fraction of sp³-hybridized carbons (Fsp3) is 0.981. The lowest BCUT2D eigenvalue weighted by Gasteiger charge is -2.53. The molecule has 0 unspecified atom stereocenters. The second-order valence-corrected chi connectivity index (χ2v) is 27.7. The Morgan fingerprint density at radius 2 is 0.833 bits per heavy atom. The Hall–Kier alpha value is -0.730. The molecule has 7 heteroatoms. The van der Waals surface area contributed by atoms with Gasteiger partial charge in [-0.05, 0) is 145 Å². The van der Waals surface area contributed by atoms with Crippen molar-refractivity contribution in [1.82, 2.24) is 5.32 Å². The van der Waals surface area contributed by atoms with E-state index in [1.54, 1.807) is 13.8 Å². The van der Waals surface area contributed by atoms with E-state index in [-0.39, 0.29) is 66.3 Å². The summed E-state index contributed by atoms with van der Waals surface area (Å²) in [4.78, 5) is 12.1. The number of carbonyl (C=O) groups is 1. The van der Waals surface area contributed by atoms with E-state index in [2.05, 4.69) is 178 Å². The van der Waals surface area contributed by atoms with Crippen molar-refractivity contribution in [3.63, 3.8) is 0 Å². The van der Waals surface area contributed by atoms with Gasteiger partial charge in [-0.3, -0.25) is 4.79 Å². The molecule has 60 heavy (non-hydrogen) atoms. The van der Waals surface area contributed by atoms with Gasteiger partial charge in [-0.2, -0.15) is 0 Å². The van der Waals surface area contributed by atoms with Crippen LogP contribution >= 0.6 is 0 Å². The highest BCUT2D eigenvalue weighted by Crippen LogP contribution is 2.52. The van der Waals surface area contributed by atoms with Crippen molar-refractivity contribution in [3.05, 3.63) is 0 Å². The summed E-state index contributed by atoms with van der Waals surface area (Å²) in [5.41, 5.74) is 3.06. The van der Waals surface area contributed by atoms with E-state index in [0.29, 0.717) is 5.41 Å². The molecule has 1 saturated heterocycles. The van der Waals surface area contributed by atoms with Crippen LogP contribution in [0.2, 0.25) is 0 Å². The Morgan fingerprint density at radius 3 is 1.03 bits per heavy atom. The predicted molar refractivity (Wildman–Crippen MR) is 266 cm³/mol. The molecule has 0 saturated carbocycles. The largest absolute Gasteiger partial charge is 0.390 e. The number of amides is 1. The van der Waals surface area contributed by atoms with Gasteiger partial charge in [0.15, 0.2) is 0 Å². The third-order valence-electron chi connectivity index (χ3n) is 16.4. The molecule has 0 radical (unpaired) electrons. The number of hydrogen-bond acceptors (Lipinski definition) is 6. The Bertz CT molecular complexity index is 1270. The summed E-state index contributed by atoms with van der Waals surface area (Å²) in [5.74, 6) is -0.0452. The SMILES string of the molecule is CC(C)(C)C.CC(C)(N)C(C)(C)C(C)(C)O.CC1(C)OC(C)(C)C(C)(C)C(C)(C)NC1=O.CCC(C)(C)C(C)(C)C(C)(C)O.CCC(C)(C)C(C)(C)C(C)(C)OC(C)(C)C. The molecule has 0 bridgehead atoms. The van der Waals surface area contributed by atoms with Crippen LogP contribution in [0.3, 0.4) is 0 Å². The average molecular weight is 860 g/mol. The van der Waals surface area contributed by atoms with E-state index in [1.807, 2.05) is 55.4 Å². The van der Waals surface area contributed by atoms with E-state index in [1.165, 1.54) is 0 Å². The minimum absolute atomic E-state index is 0.0452. The summed E-state index contributed by atoms with van der Waals surface area (Å²) >= 11 is 0. The van der Waals surface area contributed by atoms with Crippen LogP contribution in [0.15, 0.2) is 0 Å². The number of ether oxygens (including phenoxy) is 2. The van der Waals surface area contributed by atoms with Crippen LogP contribution < -0.4 is 11.1 Å². The van der Waals surface area contributed by atoms with E-state index in [0.717, 1.165) is 12.8 Å². The minimum atomic E-state index is -0.783. The summed E-state index contributed by atoms with van der Waals surface area (Å²) < 4.78 is 12.3. The Kier molecular flexibility index (Phi) is 22.2. The number of hydrogen-bond donors (Lipinski definition) is 4. The molecule has 1 fully saturated rings. The monoisotopic (exact) mass is 859 g/mol. The predicted octanol–water partition coefficient (Wildman–Crippen LogP) is 14.3. The third-order valence-corrected chi connectivity index (χ3v) is 16.4. The van der Waals surface area contributed by atoms with Crippen LogP contribution in [0, 0.1) is 37.9 Å². The van der Waals surface area contributed by atoms with Crippen LogP contribution in [-0.4, -0.2) is 60.8 Å². The van der Waals surface area contributed by atoms with Crippen LogP contribution in [0.5, 0.6) is 0 Å². The number of carbonyl (C=O) groups excluding carboxylic acids is 1. The first-order chi connectivity index (χ1) is 25.2. The maximum atomic E-state index is 12.1. The smallest absolute Gasteiger partial charge is 0.252 e. The second kappa shape index (κ2) is 20.2. The number of nitrogens with one attached hydrogen (secondary N) is 1. The second-order valence-electron chi connectivity index (χ2n) is 27.7. The first kappa shape index (κ1) is 65.9. The van der Waals surface area contributed by atoms with Crippen molar-refractivity contribution >= 4 is 5.91 Å². The molecule has 1 aliphatic heterocycles. The first-order valence-electron chi connectivity index (χ1n) is 23.1. The lowest BCUT2D eigenvalue weighted by Crippen LogP contribution is -2.59. The average Bonchev–Trinajstić information content (AvgIpc) is 2.95.